The molecule has 1 aromatic rings. The van der Waals surface area contributed by atoms with Gasteiger partial charge < -0.3 is 4.57 Å². The summed E-state index contributed by atoms with van der Waals surface area (Å²) in [6, 6.07) is 0. The summed E-state index contributed by atoms with van der Waals surface area (Å²) in [5.41, 5.74) is 1.19. The van der Waals surface area contributed by atoms with Crippen molar-refractivity contribution in [2.75, 3.05) is 0 Å². The van der Waals surface area contributed by atoms with Crippen LogP contribution in [-0.2, 0) is 6.54 Å². The fourth-order valence-electron chi connectivity index (χ4n) is 4.62. The number of hydrogen-bond acceptors (Lipinski definition) is 1. The molecule has 0 N–H and O–H groups in total. The van der Waals surface area contributed by atoms with E-state index in [4.69, 9.17) is 4.98 Å². The maximum absolute atomic E-state index is 4.88. The summed E-state index contributed by atoms with van der Waals surface area (Å²) in [7, 11) is 0. The highest BCUT2D eigenvalue weighted by Crippen LogP contribution is 2.23. The third kappa shape index (κ3) is 13.5. The molecular formula is C28H54N2. The van der Waals surface area contributed by atoms with Crippen LogP contribution >= 0.6 is 0 Å². The number of rotatable bonds is 21. The normalized spacial score (nSPS) is 12.5. The SMILES string of the molecule is CCCCCCCCCCCCCCn1cc(C)nc1C(C)CCCCCCCC. The van der Waals surface area contributed by atoms with E-state index >= 15 is 0 Å². The minimum Gasteiger partial charge on any atom is -0.334 e. The maximum Gasteiger partial charge on any atom is 0.111 e. The van der Waals surface area contributed by atoms with E-state index in [0.29, 0.717) is 5.92 Å². The van der Waals surface area contributed by atoms with Gasteiger partial charge in [0.15, 0.2) is 0 Å². The number of hydrogen-bond donors (Lipinski definition) is 0. The summed E-state index contributed by atoms with van der Waals surface area (Å²) in [6.45, 7) is 10.3. The van der Waals surface area contributed by atoms with Crippen LogP contribution < -0.4 is 0 Å². The molecule has 1 rings (SSSR count). The van der Waals surface area contributed by atoms with Crippen molar-refractivity contribution in [1.82, 2.24) is 9.55 Å². The van der Waals surface area contributed by atoms with Crippen molar-refractivity contribution in [2.45, 2.75) is 162 Å². The van der Waals surface area contributed by atoms with Crippen LogP contribution in [0.3, 0.4) is 0 Å². The van der Waals surface area contributed by atoms with Gasteiger partial charge in [-0.15, -0.1) is 0 Å². The smallest absolute Gasteiger partial charge is 0.111 e. The van der Waals surface area contributed by atoms with Crippen molar-refractivity contribution < 1.29 is 0 Å². The topological polar surface area (TPSA) is 17.8 Å². The van der Waals surface area contributed by atoms with Crippen LogP contribution in [-0.4, -0.2) is 9.55 Å². The zero-order valence-electron chi connectivity index (χ0n) is 21.2. The van der Waals surface area contributed by atoms with E-state index in [0.717, 1.165) is 6.54 Å². The summed E-state index contributed by atoms with van der Waals surface area (Å²) >= 11 is 0. The molecule has 0 aliphatic heterocycles. The lowest BCUT2D eigenvalue weighted by Gasteiger charge is -2.14. The molecule has 1 heterocycles. The molecule has 0 fully saturated rings. The second kappa shape index (κ2) is 18.9. The van der Waals surface area contributed by atoms with Gasteiger partial charge in [0.05, 0.1) is 5.69 Å². The number of imidazole rings is 1. The average molecular weight is 419 g/mol. The van der Waals surface area contributed by atoms with E-state index in [1.165, 1.54) is 134 Å². The molecule has 1 unspecified atom stereocenters. The Morgan fingerprint density at radius 2 is 1.10 bits per heavy atom. The summed E-state index contributed by atoms with van der Waals surface area (Å²) < 4.78 is 2.47. The minimum absolute atomic E-state index is 0.599. The first kappa shape index (κ1) is 27.2. The van der Waals surface area contributed by atoms with Crippen LogP contribution in [0, 0.1) is 6.92 Å². The highest BCUT2D eigenvalue weighted by Gasteiger charge is 2.13. The van der Waals surface area contributed by atoms with Gasteiger partial charge >= 0.3 is 0 Å². The van der Waals surface area contributed by atoms with E-state index in [2.05, 4.69) is 38.5 Å². The van der Waals surface area contributed by atoms with Crippen molar-refractivity contribution in [3.05, 3.63) is 17.7 Å². The number of aryl methyl sites for hydroxylation is 2. The third-order valence-electron chi connectivity index (χ3n) is 6.61. The lowest BCUT2D eigenvalue weighted by molar-refractivity contribution is 0.498. The Labute approximate surface area is 189 Å². The van der Waals surface area contributed by atoms with Gasteiger partial charge in [-0.2, -0.15) is 0 Å². The molecule has 0 saturated heterocycles. The fraction of sp³-hybridized carbons (Fsp3) is 0.893. The first-order chi connectivity index (χ1) is 14.7. The van der Waals surface area contributed by atoms with E-state index < -0.39 is 0 Å². The highest BCUT2D eigenvalue weighted by atomic mass is 15.1. The highest BCUT2D eigenvalue weighted by molar-refractivity contribution is 5.06. The van der Waals surface area contributed by atoms with Crippen molar-refractivity contribution in [2.24, 2.45) is 0 Å². The molecule has 176 valence electrons. The van der Waals surface area contributed by atoms with Gasteiger partial charge in [-0.25, -0.2) is 4.98 Å². The zero-order chi connectivity index (χ0) is 21.9. The molecule has 0 radical (unpaired) electrons. The molecule has 0 spiro atoms. The van der Waals surface area contributed by atoms with Crippen LogP contribution in [0.1, 0.15) is 160 Å². The Morgan fingerprint density at radius 1 is 0.667 bits per heavy atom. The molecule has 1 atom stereocenters. The molecule has 1 aromatic heterocycles. The van der Waals surface area contributed by atoms with Crippen LogP contribution in [0.2, 0.25) is 0 Å². The number of aromatic nitrogens is 2. The summed E-state index contributed by atoms with van der Waals surface area (Å²) in [4.78, 5) is 4.88. The second-order valence-electron chi connectivity index (χ2n) is 9.78. The van der Waals surface area contributed by atoms with E-state index in [-0.39, 0.29) is 0 Å². The predicted octanol–water partition coefficient (Wildman–Crippen LogP) is 9.75. The zero-order valence-corrected chi connectivity index (χ0v) is 21.2. The molecule has 2 heteroatoms. The van der Waals surface area contributed by atoms with Gasteiger partial charge in [0, 0.05) is 18.7 Å². The molecule has 30 heavy (non-hydrogen) atoms. The van der Waals surface area contributed by atoms with Gasteiger partial charge in [-0.05, 0) is 19.8 Å². The van der Waals surface area contributed by atoms with Crippen molar-refractivity contribution in [3.8, 4) is 0 Å². The van der Waals surface area contributed by atoms with Gasteiger partial charge in [0.2, 0.25) is 0 Å². The standard InChI is InChI=1S/C28H54N2/c1-5-7-9-11-13-14-15-16-17-18-20-22-24-30-25-27(4)29-28(30)26(3)23-21-19-12-10-8-6-2/h25-26H,5-24H2,1-4H3. The van der Waals surface area contributed by atoms with E-state index in [1.54, 1.807) is 0 Å². The van der Waals surface area contributed by atoms with Gasteiger partial charge in [0.25, 0.3) is 0 Å². The lowest BCUT2D eigenvalue weighted by atomic mass is 10.0. The van der Waals surface area contributed by atoms with Crippen molar-refractivity contribution in [3.63, 3.8) is 0 Å². The quantitative estimate of drug-likeness (QED) is 0.182. The lowest BCUT2D eigenvalue weighted by Crippen LogP contribution is -2.07. The molecule has 0 aliphatic rings. The molecule has 0 aliphatic carbocycles. The summed E-state index contributed by atoms with van der Waals surface area (Å²) in [5, 5.41) is 0. The van der Waals surface area contributed by atoms with E-state index in [9.17, 15) is 0 Å². The second-order valence-corrected chi connectivity index (χ2v) is 9.78. The first-order valence-electron chi connectivity index (χ1n) is 13.7. The fourth-order valence-corrected chi connectivity index (χ4v) is 4.62. The number of nitrogens with zero attached hydrogens (tertiary/aromatic N) is 2. The van der Waals surface area contributed by atoms with Crippen LogP contribution in [0.5, 0.6) is 0 Å². The Morgan fingerprint density at radius 3 is 1.60 bits per heavy atom. The predicted molar refractivity (Wildman–Crippen MR) is 134 cm³/mol. The Bertz CT molecular complexity index is 491. The van der Waals surface area contributed by atoms with Crippen LogP contribution in [0.15, 0.2) is 6.20 Å². The largest absolute Gasteiger partial charge is 0.334 e. The van der Waals surface area contributed by atoms with Gasteiger partial charge in [0.1, 0.15) is 5.82 Å². The Kier molecular flexibility index (Phi) is 17.2. The van der Waals surface area contributed by atoms with Crippen molar-refractivity contribution >= 4 is 0 Å². The maximum atomic E-state index is 4.88. The average Bonchev–Trinajstić information content (AvgIpc) is 3.11. The van der Waals surface area contributed by atoms with Gasteiger partial charge in [-0.1, -0.05) is 130 Å². The monoisotopic (exact) mass is 418 g/mol. The Balaban J connectivity index is 2.10. The van der Waals surface area contributed by atoms with Crippen molar-refractivity contribution in [1.29, 1.82) is 0 Å². The minimum atomic E-state index is 0.599. The molecule has 0 amide bonds. The molecular weight excluding hydrogens is 364 g/mol. The van der Waals surface area contributed by atoms with E-state index in [1.807, 2.05) is 0 Å². The summed E-state index contributed by atoms with van der Waals surface area (Å²) in [6.07, 6.45) is 28.9. The van der Waals surface area contributed by atoms with Gasteiger partial charge in [-0.3, -0.25) is 0 Å². The molecule has 0 bridgehead atoms. The third-order valence-corrected chi connectivity index (χ3v) is 6.61. The first-order valence-corrected chi connectivity index (χ1v) is 13.7. The molecule has 0 aromatic carbocycles. The number of unbranched alkanes of at least 4 members (excludes halogenated alkanes) is 16. The van der Waals surface area contributed by atoms with Crippen LogP contribution in [0.4, 0.5) is 0 Å². The summed E-state index contributed by atoms with van der Waals surface area (Å²) in [5.74, 6) is 1.94. The molecule has 0 saturated carbocycles. The Hall–Kier alpha value is -0.790. The van der Waals surface area contributed by atoms with Crippen LogP contribution in [0.25, 0.3) is 0 Å². The molecule has 2 nitrogen and oxygen atoms in total.